The van der Waals surface area contributed by atoms with Gasteiger partial charge in [0.2, 0.25) is 0 Å². The summed E-state index contributed by atoms with van der Waals surface area (Å²) < 4.78 is 0. The first-order valence-electron chi connectivity index (χ1n) is 7.39. The molecule has 0 aliphatic carbocycles. The van der Waals surface area contributed by atoms with Crippen LogP contribution in [0.2, 0.25) is 0 Å². The van der Waals surface area contributed by atoms with E-state index in [2.05, 4.69) is 31.1 Å². The van der Waals surface area contributed by atoms with Crippen molar-refractivity contribution >= 4 is 11.6 Å². The van der Waals surface area contributed by atoms with Crippen molar-refractivity contribution in [2.75, 3.05) is 29.9 Å². The highest BCUT2D eigenvalue weighted by Gasteiger charge is 2.25. The normalized spacial score (nSPS) is 17.8. The van der Waals surface area contributed by atoms with Crippen LogP contribution in [0.5, 0.6) is 0 Å². The van der Waals surface area contributed by atoms with Gasteiger partial charge in [0, 0.05) is 38.6 Å². The molecular formula is C16H18N6. The molecule has 1 fully saturated rings. The number of hydrogen-bond acceptors (Lipinski definition) is 6. The van der Waals surface area contributed by atoms with E-state index in [9.17, 15) is 0 Å². The number of piperidine rings is 1. The van der Waals surface area contributed by atoms with Crippen LogP contribution < -0.4 is 9.80 Å². The van der Waals surface area contributed by atoms with Gasteiger partial charge in [-0.1, -0.05) is 0 Å². The molecule has 1 aliphatic rings. The van der Waals surface area contributed by atoms with Crippen LogP contribution in [0.1, 0.15) is 18.4 Å². The zero-order valence-corrected chi connectivity index (χ0v) is 12.6. The van der Waals surface area contributed by atoms with Crippen molar-refractivity contribution in [3.63, 3.8) is 0 Å². The van der Waals surface area contributed by atoms with Crippen LogP contribution in [0.15, 0.2) is 36.7 Å². The summed E-state index contributed by atoms with van der Waals surface area (Å²) in [6.45, 7) is 1.88. The van der Waals surface area contributed by atoms with Gasteiger partial charge in [-0.2, -0.15) is 10.4 Å². The topological polar surface area (TPSA) is 68.9 Å². The van der Waals surface area contributed by atoms with Crippen LogP contribution >= 0.6 is 0 Å². The lowest BCUT2D eigenvalue weighted by atomic mass is 10.0. The van der Waals surface area contributed by atoms with E-state index >= 15 is 0 Å². The highest BCUT2D eigenvalue weighted by Crippen LogP contribution is 2.23. The van der Waals surface area contributed by atoms with Crippen LogP contribution in [0.4, 0.5) is 11.6 Å². The summed E-state index contributed by atoms with van der Waals surface area (Å²) in [5.74, 6) is 1.75. The van der Waals surface area contributed by atoms with Crippen molar-refractivity contribution in [2.45, 2.75) is 18.9 Å². The first-order chi connectivity index (χ1) is 10.8. The Labute approximate surface area is 130 Å². The molecular weight excluding hydrogens is 276 g/mol. The third kappa shape index (κ3) is 2.98. The molecule has 2 aromatic rings. The number of anilines is 2. The fourth-order valence-electron chi connectivity index (χ4n) is 2.81. The highest BCUT2D eigenvalue weighted by molar-refractivity contribution is 5.46. The lowest BCUT2D eigenvalue weighted by Crippen LogP contribution is -2.47. The van der Waals surface area contributed by atoms with Gasteiger partial charge in [0.05, 0.1) is 11.6 Å². The molecule has 0 bridgehead atoms. The van der Waals surface area contributed by atoms with Crippen LogP contribution in [-0.2, 0) is 0 Å². The first kappa shape index (κ1) is 14.3. The van der Waals surface area contributed by atoms with Crippen molar-refractivity contribution in [1.82, 2.24) is 15.2 Å². The molecule has 0 N–H and O–H groups in total. The third-order valence-electron chi connectivity index (χ3n) is 4.06. The van der Waals surface area contributed by atoms with Crippen molar-refractivity contribution in [1.29, 1.82) is 5.26 Å². The van der Waals surface area contributed by atoms with E-state index in [4.69, 9.17) is 5.26 Å². The number of rotatable bonds is 3. The zero-order valence-electron chi connectivity index (χ0n) is 12.6. The SMILES string of the molecule is CN(c1cc(C#N)ccn1)[C@@H]1CCCN(c2cccnn2)C1. The van der Waals surface area contributed by atoms with Crippen molar-refractivity contribution in [3.8, 4) is 6.07 Å². The molecule has 1 saturated heterocycles. The van der Waals surface area contributed by atoms with E-state index in [-0.39, 0.29) is 0 Å². The van der Waals surface area contributed by atoms with Gasteiger partial charge in [0.15, 0.2) is 5.82 Å². The smallest absolute Gasteiger partial charge is 0.151 e. The largest absolute Gasteiger partial charge is 0.355 e. The Balaban J connectivity index is 1.75. The van der Waals surface area contributed by atoms with Gasteiger partial charge >= 0.3 is 0 Å². The summed E-state index contributed by atoms with van der Waals surface area (Å²) in [6, 6.07) is 9.97. The Hall–Kier alpha value is -2.68. The van der Waals surface area contributed by atoms with Gasteiger partial charge in [-0.15, -0.1) is 5.10 Å². The monoisotopic (exact) mass is 294 g/mol. The number of nitriles is 1. The molecule has 0 spiro atoms. The van der Waals surface area contributed by atoms with Crippen LogP contribution in [0.25, 0.3) is 0 Å². The number of aromatic nitrogens is 3. The Bertz CT molecular complexity index is 666. The molecule has 112 valence electrons. The van der Waals surface area contributed by atoms with E-state index < -0.39 is 0 Å². The predicted octanol–water partition coefficient (Wildman–Crippen LogP) is 1.85. The van der Waals surface area contributed by atoms with E-state index in [1.165, 1.54) is 0 Å². The molecule has 1 aliphatic heterocycles. The van der Waals surface area contributed by atoms with Gasteiger partial charge in [-0.3, -0.25) is 0 Å². The molecule has 0 radical (unpaired) electrons. The third-order valence-corrected chi connectivity index (χ3v) is 4.06. The Morgan fingerprint density at radius 3 is 3.05 bits per heavy atom. The quantitative estimate of drug-likeness (QED) is 0.860. The number of hydrogen-bond donors (Lipinski definition) is 0. The zero-order chi connectivity index (χ0) is 15.4. The molecule has 6 nitrogen and oxygen atoms in total. The Morgan fingerprint density at radius 1 is 1.36 bits per heavy atom. The number of pyridine rings is 1. The summed E-state index contributed by atoms with van der Waals surface area (Å²) >= 11 is 0. The molecule has 0 saturated carbocycles. The minimum absolute atomic E-state index is 0.345. The summed E-state index contributed by atoms with van der Waals surface area (Å²) in [5.41, 5.74) is 0.637. The maximum atomic E-state index is 9.03. The lowest BCUT2D eigenvalue weighted by Gasteiger charge is -2.38. The minimum atomic E-state index is 0.345. The second-order valence-corrected chi connectivity index (χ2v) is 5.45. The molecule has 3 heterocycles. The molecule has 3 rings (SSSR count). The lowest BCUT2D eigenvalue weighted by molar-refractivity contribution is 0.482. The molecule has 1 atom stereocenters. The van der Waals surface area contributed by atoms with Gasteiger partial charge in [0.1, 0.15) is 5.82 Å². The van der Waals surface area contributed by atoms with E-state index in [1.54, 1.807) is 18.5 Å². The molecule has 0 aromatic carbocycles. The fraction of sp³-hybridized carbons (Fsp3) is 0.375. The average molecular weight is 294 g/mol. The second kappa shape index (κ2) is 6.39. The van der Waals surface area contributed by atoms with Crippen molar-refractivity contribution in [3.05, 3.63) is 42.2 Å². The summed E-state index contributed by atoms with van der Waals surface area (Å²) in [7, 11) is 2.04. The molecule has 6 heteroatoms. The van der Waals surface area contributed by atoms with Gasteiger partial charge in [0.25, 0.3) is 0 Å². The summed E-state index contributed by atoms with van der Waals surface area (Å²) in [4.78, 5) is 8.80. The Morgan fingerprint density at radius 2 is 2.27 bits per heavy atom. The summed E-state index contributed by atoms with van der Waals surface area (Å²) in [6.07, 6.45) is 5.58. The van der Waals surface area contributed by atoms with Crippen molar-refractivity contribution in [2.24, 2.45) is 0 Å². The minimum Gasteiger partial charge on any atom is -0.355 e. The van der Waals surface area contributed by atoms with Gasteiger partial charge in [-0.25, -0.2) is 4.98 Å². The number of likely N-dealkylation sites (N-methyl/N-ethyl adjacent to an activating group) is 1. The van der Waals surface area contributed by atoms with Gasteiger partial charge in [-0.05, 0) is 37.1 Å². The fourth-order valence-corrected chi connectivity index (χ4v) is 2.81. The van der Waals surface area contributed by atoms with E-state index in [0.29, 0.717) is 11.6 Å². The first-order valence-corrected chi connectivity index (χ1v) is 7.39. The van der Waals surface area contributed by atoms with Gasteiger partial charge < -0.3 is 9.80 Å². The number of nitrogens with zero attached hydrogens (tertiary/aromatic N) is 6. The average Bonchev–Trinajstić information content (AvgIpc) is 2.62. The second-order valence-electron chi connectivity index (χ2n) is 5.45. The van der Waals surface area contributed by atoms with Crippen LogP contribution in [-0.4, -0.2) is 41.4 Å². The molecule has 0 unspecified atom stereocenters. The molecule has 2 aromatic heterocycles. The standard InChI is InChI=1S/C16H18N6/c1-21(16-10-13(11-17)6-8-18-16)14-4-3-9-22(12-14)15-5-2-7-19-20-15/h2,5-8,10,14H,3-4,9,12H2,1H3/t14-/m1/s1. The molecule has 0 amide bonds. The van der Waals surface area contributed by atoms with Crippen LogP contribution in [0.3, 0.4) is 0 Å². The van der Waals surface area contributed by atoms with Crippen LogP contribution in [0, 0.1) is 11.3 Å². The van der Waals surface area contributed by atoms with E-state index in [1.807, 2.05) is 25.2 Å². The van der Waals surface area contributed by atoms with E-state index in [0.717, 1.165) is 37.6 Å². The summed E-state index contributed by atoms with van der Waals surface area (Å²) in [5, 5.41) is 17.2. The highest BCUT2D eigenvalue weighted by atomic mass is 15.3. The Kier molecular flexibility index (Phi) is 4.15. The predicted molar refractivity (Wildman–Crippen MR) is 84.6 cm³/mol. The maximum absolute atomic E-state index is 9.03. The van der Waals surface area contributed by atoms with Crippen molar-refractivity contribution < 1.29 is 0 Å². The molecule has 22 heavy (non-hydrogen) atoms. The maximum Gasteiger partial charge on any atom is 0.151 e.